The molecule has 6 nitrogen and oxygen atoms in total. The summed E-state index contributed by atoms with van der Waals surface area (Å²) in [7, 11) is 0. The van der Waals surface area contributed by atoms with E-state index >= 15 is 0 Å². The van der Waals surface area contributed by atoms with E-state index in [1.165, 1.54) is 31.0 Å². The molecule has 0 radical (unpaired) electrons. The lowest BCUT2D eigenvalue weighted by molar-refractivity contribution is -0.123. The number of thioether (sulfide) groups is 1. The number of carbonyl (C=O) groups is 2. The lowest BCUT2D eigenvalue weighted by atomic mass is 9.79. The van der Waals surface area contributed by atoms with Crippen LogP contribution >= 0.6 is 11.8 Å². The molecule has 1 aliphatic carbocycles. The molecule has 3 rings (SSSR count). The van der Waals surface area contributed by atoms with Crippen LogP contribution < -0.4 is 10.6 Å². The molecular formula is C15H25N3O3S. The number of nitrogens with zero attached hydrogens (tertiary/aromatic N) is 1. The van der Waals surface area contributed by atoms with E-state index in [1.54, 1.807) is 0 Å². The molecule has 0 spiro atoms. The van der Waals surface area contributed by atoms with Crippen molar-refractivity contribution in [2.45, 2.75) is 43.7 Å². The van der Waals surface area contributed by atoms with E-state index in [0.717, 1.165) is 39.1 Å². The number of morpholine rings is 1. The molecule has 2 amide bonds. The molecule has 22 heavy (non-hydrogen) atoms. The fourth-order valence-corrected chi connectivity index (χ4v) is 4.53. The van der Waals surface area contributed by atoms with E-state index in [9.17, 15) is 9.59 Å². The summed E-state index contributed by atoms with van der Waals surface area (Å²) in [6.07, 6.45) is 6.01. The first kappa shape index (κ1) is 16.1. The minimum absolute atomic E-state index is 0.0449. The van der Waals surface area contributed by atoms with Crippen LogP contribution in [0.4, 0.5) is 4.79 Å². The van der Waals surface area contributed by atoms with Gasteiger partial charge < -0.3 is 15.4 Å². The molecule has 124 valence electrons. The molecule has 0 unspecified atom stereocenters. The third-order valence-electron chi connectivity index (χ3n) is 5.05. The van der Waals surface area contributed by atoms with E-state index < -0.39 is 0 Å². The second-order valence-electron chi connectivity index (χ2n) is 6.40. The molecular weight excluding hydrogens is 302 g/mol. The predicted molar refractivity (Wildman–Crippen MR) is 86.0 cm³/mol. The fraction of sp³-hybridized carbons (Fsp3) is 0.867. The van der Waals surface area contributed by atoms with Crippen LogP contribution in [-0.4, -0.2) is 66.2 Å². The average molecular weight is 327 g/mol. The highest BCUT2D eigenvalue weighted by molar-refractivity contribution is 8.14. The molecule has 0 bridgehead atoms. The molecule has 0 aromatic carbocycles. The third-order valence-corrected chi connectivity index (χ3v) is 5.93. The molecule has 2 aliphatic heterocycles. The van der Waals surface area contributed by atoms with Crippen molar-refractivity contribution in [2.75, 3.05) is 38.6 Å². The highest BCUT2D eigenvalue weighted by Crippen LogP contribution is 2.34. The molecule has 1 atom stereocenters. The number of carbonyl (C=O) groups excluding carboxylic acids is 2. The maximum Gasteiger partial charge on any atom is 0.279 e. The van der Waals surface area contributed by atoms with E-state index in [4.69, 9.17) is 4.74 Å². The Morgan fingerprint density at radius 1 is 1.32 bits per heavy atom. The highest BCUT2D eigenvalue weighted by atomic mass is 32.2. The second kappa shape index (κ2) is 7.19. The molecule has 0 aromatic heterocycles. The minimum atomic E-state index is -0.372. The molecule has 7 heteroatoms. The van der Waals surface area contributed by atoms with Gasteiger partial charge in [-0.2, -0.15) is 0 Å². The average Bonchev–Trinajstić information content (AvgIpc) is 3.01. The molecule has 0 aromatic rings. The summed E-state index contributed by atoms with van der Waals surface area (Å²) in [4.78, 5) is 26.0. The van der Waals surface area contributed by atoms with Crippen LogP contribution in [0.2, 0.25) is 0 Å². The summed E-state index contributed by atoms with van der Waals surface area (Å²) in [6, 6.07) is -0.372. The van der Waals surface area contributed by atoms with E-state index in [2.05, 4.69) is 15.5 Å². The van der Waals surface area contributed by atoms with Gasteiger partial charge in [0.1, 0.15) is 6.04 Å². The van der Waals surface area contributed by atoms with E-state index in [-0.39, 0.29) is 22.7 Å². The molecule has 3 aliphatic rings. The monoisotopic (exact) mass is 327 g/mol. The van der Waals surface area contributed by atoms with Crippen molar-refractivity contribution in [2.24, 2.45) is 0 Å². The molecule has 3 fully saturated rings. The fourth-order valence-electron chi connectivity index (χ4n) is 3.75. The van der Waals surface area contributed by atoms with Crippen LogP contribution in [0.25, 0.3) is 0 Å². The summed E-state index contributed by atoms with van der Waals surface area (Å²) in [5.74, 6) is 0.492. The van der Waals surface area contributed by atoms with Gasteiger partial charge >= 0.3 is 0 Å². The van der Waals surface area contributed by atoms with Crippen LogP contribution in [0.5, 0.6) is 0 Å². The number of ether oxygens (including phenoxy) is 1. The van der Waals surface area contributed by atoms with Crippen molar-refractivity contribution < 1.29 is 14.3 Å². The molecule has 2 heterocycles. The first-order chi connectivity index (χ1) is 10.7. The lowest BCUT2D eigenvalue weighted by Gasteiger charge is -2.48. The first-order valence-electron chi connectivity index (χ1n) is 8.23. The van der Waals surface area contributed by atoms with Crippen LogP contribution in [0.15, 0.2) is 0 Å². The Kier molecular flexibility index (Phi) is 5.25. The van der Waals surface area contributed by atoms with Gasteiger partial charge in [0, 0.05) is 30.9 Å². The summed E-state index contributed by atoms with van der Waals surface area (Å²) in [6.45, 7) is 4.15. The topological polar surface area (TPSA) is 70.7 Å². The number of hydrogen-bond acceptors (Lipinski definition) is 5. The number of amides is 2. The van der Waals surface area contributed by atoms with Gasteiger partial charge in [0.15, 0.2) is 0 Å². The predicted octanol–water partition coefficient (Wildman–Crippen LogP) is 0.963. The molecule has 2 saturated heterocycles. The number of rotatable bonds is 4. The Balaban J connectivity index is 1.60. The summed E-state index contributed by atoms with van der Waals surface area (Å²) in [5, 5.41) is 5.72. The van der Waals surface area contributed by atoms with Gasteiger partial charge in [-0.1, -0.05) is 31.0 Å². The van der Waals surface area contributed by atoms with Gasteiger partial charge in [-0.25, -0.2) is 0 Å². The SMILES string of the molecule is O=C1N[C@H](C(=O)NCC2(N3CCOCC3)CCCCC2)CS1. The van der Waals surface area contributed by atoms with Crippen molar-refractivity contribution in [1.29, 1.82) is 0 Å². The van der Waals surface area contributed by atoms with Gasteiger partial charge in [-0.05, 0) is 12.8 Å². The Morgan fingerprint density at radius 3 is 2.68 bits per heavy atom. The van der Waals surface area contributed by atoms with Gasteiger partial charge in [0.05, 0.1) is 13.2 Å². The van der Waals surface area contributed by atoms with Crippen LogP contribution in [0, 0.1) is 0 Å². The Morgan fingerprint density at radius 2 is 2.05 bits per heavy atom. The molecule has 1 saturated carbocycles. The third kappa shape index (κ3) is 3.58. The molecule has 2 N–H and O–H groups in total. The lowest BCUT2D eigenvalue weighted by Crippen LogP contribution is -2.60. The number of nitrogens with one attached hydrogen (secondary N) is 2. The Hall–Kier alpha value is -0.790. The van der Waals surface area contributed by atoms with E-state index in [1.807, 2.05) is 0 Å². The zero-order chi connectivity index (χ0) is 15.4. The summed E-state index contributed by atoms with van der Waals surface area (Å²) >= 11 is 1.18. The van der Waals surface area contributed by atoms with Gasteiger partial charge in [-0.15, -0.1) is 0 Å². The quantitative estimate of drug-likeness (QED) is 0.805. The minimum Gasteiger partial charge on any atom is -0.379 e. The van der Waals surface area contributed by atoms with Crippen molar-refractivity contribution in [3.05, 3.63) is 0 Å². The van der Waals surface area contributed by atoms with Crippen molar-refractivity contribution in [3.63, 3.8) is 0 Å². The first-order valence-corrected chi connectivity index (χ1v) is 9.22. The van der Waals surface area contributed by atoms with Crippen molar-refractivity contribution >= 4 is 22.9 Å². The maximum absolute atomic E-state index is 12.3. The van der Waals surface area contributed by atoms with E-state index in [0.29, 0.717) is 12.3 Å². The van der Waals surface area contributed by atoms with Gasteiger partial charge in [-0.3, -0.25) is 14.5 Å². The smallest absolute Gasteiger partial charge is 0.279 e. The largest absolute Gasteiger partial charge is 0.379 e. The standard InChI is InChI=1S/C15H25N3O3S/c19-13(12-10-22-14(20)17-12)16-11-15(4-2-1-3-5-15)18-6-8-21-9-7-18/h12H,1-11H2,(H,16,19)(H,17,20)/t12-/m0/s1. The maximum atomic E-state index is 12.3. The Labute approximate surface area is 135 Å². The second-order valence-corrected chi connectivity index (χ2v) is 7.39. The zero-order valence-corrected chi connectivity index (χ0v) is 13.8. The Bertz CT molecular complexity index is 420. The van der Waals surface area contributed by atoms with Gasteiger partial charge in [0.2, 0.25) is 5.91 Å². The van der Waals surface area contributed by atoms with Crippen LogP contribution in [0.3, 0.4) is 0 Å². The van der Waals surface area contributed by atoms with Crippen molar-refractivity contribution in [3.8, 4) is 0 Å². The van der Waals surface area contributed by atoms with Crippen LogP contribution in [0.1, 0.15) is 32.1 Å². The number of hydrogen-bond donors (Lipinski definition) is 2. The normalized spacial score (nSPS) is 29.1. The zero-order valence-electron chi connectivity index (χ0n) is 12.9. The van der Waals surface area contributed by atoms with Crippen molar-refractivity contribution in [1.82, 2.24) is 15.5 Å². The summed E-state index contributed by atoms with van der Waals surface area (Å²) in [5.41, 5.74) is 0.0768. The van der Waals surface area contributed by atoms with Crippen LogP contribution in [-0.2, 0) is 9.53 Å². The summed E-state index contributed by atoms with van der Waals surface area (Å²) < 4.78 is 5.47. The van der Waals surface area contributed by atoms with Gasteiger partial charge in [0.25, 0.3) is 5.24 Å². The highest BCUT2D eigenvalue weighted by Gasteiger charge is 2.39.